The van der Waals surface area contributed by atoms with Crippen LogP contribution in [0.2, 0.25) is 0 Å². The molecule has 0 spiro atoms. The third-order valence-corrected chi connectivity index (χ3v) is 5.09. The number of hydrogen-bond acceptors (Lipinski definition) is 3. The van der Waals surface area contributed by atoms with Crippen LogP contribution in [-0.4, -0.2) is 34.6 Å². The van der Waals surface area contributed by atoms with Crippen LogP contribution in [0.1, 0.15) is 17.5 Å². The van der Waals surface area contributed by atoms with Crippen molar-refractivity contribution in [3.8, 4) is 0 Å². The molecule has 1 fully saturated rings. The van der Waals surface area contributed by atoms with Gasteiger partial charge in [0.1, 0.15) is 0 Å². The van der Waals surface area contributed by atoms with Crippen LogP contribution in [0.3, 0.4) is 0 Å². The van der Waals surface area contributed by atoms with Crippen LogP contribution >= 0.6 is 0 Å². The number of nitrogens with zero attached hydrogens (tertiary/aromatic N) is 3. The molecule has 1 N–H and O–H groups in total. The van der Waals surface area contributed by atoms with E-state index in [2.05, 4.69) is 51.0 Å². The van der Waals surface area contributed by atoms with E-state index in [9.17, 15) is 4.79 Å². The largest absolute Gasteiger partial charge is 0.368 e. The zero-order valence-electron chi connectivity index (χ0n) is 15.3. The van der Waals surface area contributed by atoms with Crippen LogP contribution in [0.15, 0.2) is 48.9 Å². The molecular formula is C21H24N4O. The Morgan fingerprint density at radius 2 is 2.15 bits per heavy atom. The van der Waals surface area contributed by atoms with Crippen molar-refractivity contribution in [3.05, 3.63) is 60.0 Å². The molecule has 1 amide bonds. The van der Waals surface area contributed by atoms with Crippen LogP contribution in [-0.2, 0) is 18.3 Å². The Kier molecular flexibility index (Phi) is 4.37. The van der Waals surface area contributed by atoms with Gasteiger partial charge in [0.05, 0.1) is 18.3 Å². The van der Waals surface area contributed by atoms with E-state index in [1.807, 2.05) is 31.7 Å². The van der Waals surface area contributed by atoms with E-state index in [-0.39, 0.29) is 11.9 Å². The number of pyridine rings is 1. The van der Waals surface area contributed by atoms with Crippen LogP contribution in [0.25, 0.3) is 10.9 Å². The zero-order chi connectivity index (χ0) is 18.1. The van der Waals surface area contributed by atoms with E-state index < -0.39 is 0 Å². The molecule has 1 aliphatic rings. The lowest BCUT2D eigenvalue weighted by molar-refractivity contribution is -0.121. The maximum atomic E-state index is 12.5. The van der Waals surface area contributed by atoms with Gasteiger partial charge in [-0.2, -0.15) is 0 Å². The Hall–Kier alpha value is -2.82. The lowest BCUT2D eigenvalue weighted by Crippen LogP contribution is -2.38. The SMILES string of the molecule is Cc1cncc(N2CC[C@@H](NC(=O)Cc3ccc4c(ccn4C)c3)C2)c1. The highest BCUT2D eigenvalue weighted by atomic mass is 16.1. The Morgan fingerprint density at radius 3 is 3.00 bits per heavy atom. The van der Waals surface area contributed by atoms with E-state index in [1.165, 1.54) is 10.9 Å². The van der Waals surface area contributed by atoms with Crippen molar-refractivity contribution in [3.63, 3.8) is 0 Å². The van der Waals surface area contributed by atoms with Gasteiger partial charge >= 0.3 is 0 Å². The number of aryl methyl sites for hydroxylation is 2. The quantitative estimate of drug-likeness (QED) is 0.789. The number of nitrogens with one attached hydrogen (secondary N) is 1. The molecule has 3 aromatic rings. The molecule has 1 aromatic carbocycles. The van der Waals surface area contributed by atoms with Gasteiger partial charge in [0, 0.05) is 44.1 Å². The molecule has 3 heterocycles. The molecule has 0 aliphatic carbocycles. The first-order valence-electron chi connectivity index (χ1n) is 9.08. The predicted molar refractivity (Wildman–Crippen MR) is 104 cm³/mol. The van der Waals surface area contributed by atoms with Crippen molar-refractivity contribution in [2.75, 3.05) is 18.0 Å². The minimum absolute atomic E-state index is 0.0921. The van der Waals surface area contributed by atoms with Crippen LogP contribution < -0.4 is 10.2 Å². The van der Waals surface area contributed by atoms with Crippen molar-refractivity contribution < 1.29 is 4.79 Å². The molecule has 134 valence electrons. The smallest absolute Gasteiger partial charge is 0.224 e. The van der Waals surface area contributed by atoms with Crippen molar-refractivity contribution in [2.24, 2.45) is 7.05 Å². The van der Waals surface area contributed by atoms with Crippen LogP contribution in [0.4, 0.5) is 5.69 Å². The summed E-state index contributed by atoms with van der Waals surface area (Å²) in [6.07, 6.45) is 7.20. The van der Waals surface area contributed by atoms with Crippen molar-refractivity contribution >= 4 is 22.5 Å². The molecule has 0 radical (unpaired) electrons. The van der Waals surface area contributed by atoms with Crippen molar-refractivity contribution in [1.82, 2.24) is 14.9 Å². The van der Waals surface area contributed by atoms with Crippen LogP contribution in [0, 0.1) is 6.92 Å². The molecule has 1 atom stereocenters. The molecule has 4 rings (SSSR count). The summed E-state index contributed by atoms with van der Waals surface area (Å²) in [6.45, 7) is 3.84. The monoisotopic (exact) mass is 348 g/mol. The van der Waals surface area contributed by atoms with E-state index in [1.54, 1.807) is 0 Å². The van der Waals surface area contributed by atoms with Gasteiger partial charge < -0.3 is 14.8 Å². The lowest BCUT2D eigenvalue weighted by Gasteiger charge is -2.19. The predicted octanol–water partition coefficient (Wildman–Crippen LogP) is 2.82. The fourth-order valence-electron chi connectivity index (χ4n) is 3.73. The molecule has 0 unspecified atom stereocenters. The second kappa shape index (κ2) is 6.83. The molecule has 0 saturated carbocycles. The fraction of sp³-hybridized carbons (Fsp3) is 0.333. The first-order valence-corrected chi connectivity index (χ1v) is 9.08. The molecule has 26 heavy (non-hydrogen) atoms. The summed E-state index contributed by atoms with van der Waals surface area (Å²) in [6, 6.07) is 10.7. The van der Waals surface area contributed by atoms with Gasteiger partial charge in [0.15, 0.2) is 0 Å². The average Bonchev–Trinajstić information content (AvgIpc) is 3.22. The molecule has 5 heteroatoms. The number of anilines is 1. The van der Waals surface area contributed by atoms with Crippen molar-refractivity contribution in [1.29, 1.82) is 0 Å². The zero-order valence-corrected chi connectivity index (χ0v) is 15.3. The topological polar surface area (TPSA) is 50.2 Å². The molecular weight excluding hydrogens is 324 g/mol. The number of hydrogen-bond donors (Lipinski definition) is 1. The van der Waals surface area contributed by atoms with Gasteiger partial charge in [0.2, 0.25) is 5.91 Å². The minimum atomic E-state index is 0.0921. The van der Waals surface area contributed by atoms with Crippen molar-refractivity contribution in [2.45, 2.75) is 25.8 Å². The fourth-order valence-corrected chi connectivity index (χ4v) is 3.73. The number of rotatable bonds is 4. The summed E-state index contributed by atoms with van der Waals surface area (Å²) in [5.74, 6) is 0.0921. The molecule has 5 nitrogen and oxygen atoms in total. The van der Waals surface area contributed by atoms with Gasteiger partial charge in [-0.1, -0.05) is 6.07 Å². The Balaban J connectivity index is 1.36. The Labute approximate surface area is 153 Å². The lowest BCUT2D eigenvalue weighted by atomic mass is 10.1. The number of aromatic nitrogens is 2. The molecule has 0 bridgehead atoms. The maximum Gasteiger partial charge on any atom is 0.224 e. The second-order valence-electron chi connectivity index (χ2n) is 7.22. The second-order valence-corrected chi connectivity index (χ2v) is 7.22. The van der Waals surface area contributed by atoms with E-state index in [0.29, 0.717) is 6.42 Å². The normalized spacial score (nSPS) is 17.0. The van der Waals surface area contributed by atoms with Gasteiger partial charge in [-0.15, -0.1) is 0 Å². The summed E-state index contributed by atoms with van der Waals surface area (Å²) in [5.41, 5.74) is 4.54. The minimum Gasteiger partial charge on any atom is -0.368 e. The first-order chi connectivity index (χ1) is 12.6. The third-order valence-electron chi connectivity index (χ3n) is 5.09. The highest BCUT2D eigenvalue weighted by molar-refractivity contribution is 5.84. The average molecular weight is 348 g/mol. The first kappa shape index (κ1) is 16.6. The van der Waals surface area contributed by atoms with Crippen LogP contribution in [0.5, 0.6) is 0 Å². The molecule has 1 saturated heterocycles. The highest BCUT2D eigenvalue weighted by Crippen LogP contribution is 2.21. The highest BCUT2D eigenvalue weighted by Gasteiger charge is 2.24. The Morgan fingerprint density at radius 1 is 1.27 bits per heavy atom. The number of benzene rings is 1. The van der Waals surface area contributed by atoms with Gasteiger partial charge in [0.25, 0.3) is 0 Å². The molecule has 2 aromatic heterocycles. The summed E-state index contributed by atoms with van der Waals surface area (Å²) in [5, 5.41) is 4.37. The van der Waals surface area contributed by atoms with Gasteiger partial charge in [-0.05, 0) is 54.1 Å². The number of fused-ring (bicyclic) bond motifs is 1. The number of carbonyl (C=O) groups excluding carboxylic acids is 1. The van der Waals surface area contributed by atoms with E-state index in [0.717, 1.165) is 36.3 Å². The number of amides is 1. The van der Waals surface area contributed by atoms with Gasteiger partial charge in [-0.25, -0.2) is 0 Å². The van der Waals surface area contributed by atoms with E-state index in [4.69, 9.17) is 0 Å². The Bertz CT molecular complexity index is 946. The summed E-state index contributed by atoms with van der Waals surface area (Å²) >= 11 is 0. The summed E-state index contributed by atoms with van der Waals surface area (Å²) in [4.78, 5) is 19.0. The summed E-state index contributed by atoms with van der Waals surface area (Å²) in [7, 11) is 2.03. The number of carbonyl (C=O) groups is 1. The maximum absolute atomic E-state index is 12.5. The third kappa shape index (κ3) is 3.43. The summed E-state index contributed by atoms with van der Waals surface area (Å²) < 4.78 is 2.09. The van der Waals surface area contributed by atoms with Gasteiger partial charge in [-0.3, -0.25) is 9.78 Å². The standard InChI is InChI=1S/C21H24N4O/c1-15-9-19(13-22-12-15)25-8-6-18(14-25)23-21(26)11-16-3-4-20-17(10-16)5-7-24(20)2/h3-5,7,9-10,12-13,18H,6,8,11,14H2,1-2H3,(H,23,26)/t18-/m1/s1. The molecule has 1 aliphatic heterocycles. The van der Waals surface area contributed by atoms with E-state index >= 15 is 0 Å².